The summed E-state index contributed by atoms with van der Waals surface area (Å²) in [5.41, 5.74) is 2.37. The minimum atomic E-state index is 1.16. The largest absolute Gasteiger partial charge is 0.264 e. The van der Waals surface area contributed by atoms with Crippen molar-refractivity contribution in [2.24, 2.45) is 0 Å². The van der Waals surface area contributed by atoms with E-state index in [-0.39, 0.29) is 0 Å². The fourth-order valence-corrected chi connectivity index (χ4v) is 2.36. The number of thiophene rings is 1. The first-order valence-corrected chi connectivity index (χ1v) is 5.55. The average molecular weight is 210 g/mol. The van der Waals surface area contributed by atoms with Crippen molar-refractivity contribution in [1.29, 1.82) is 0 Å². The molecule has 3 rings (SSSR count). The van der Waals surface area contributed by atoms with Gasteiger partial charge in [0.15, 0.2) is 0 Å². The second-order valence-corrected chi connectivity index (χ2v) is 4.24. The van der Waals surface area contributed by atoms with Gasteiger partial charge in [-0.1, -0.05) is 18.2 Å². The third kappa shape index (κ3) is 1.53. The number of aromatic nitrogens is 1. The Morgan fingerprint density at radius 2 is 2.13 bits per heavy atom. The first kappa shape index (κ1) is 8.62. The summed E-state index contributed by atoms with van der Waals surface area (Å²) in [5, 5.41) is 4.40. The predicted octanol–water partition coefficient (Wildman–Crippen LogP) is 3.76. The molecule has 71 valence electrons. The van der Waals surface area contributed by atoms with E-state index in [1.165, 1.54) is 15.6 Å². The Kier molecular flexibility index (Phi) is 2.00. The van der Waals surface area contributed by atoms with Gasteiger partial charge in [-0.25, -0.2) is 0 Å². The fraction of sp³-hybridized carbons (Fsp3) is 0. The fourth-order valence-electron chi connectivity index (χ4n) is 1.61. The van der Waals surface area contributed by atoms with Gasteiger partial charge >= 0.3 is 0 Å². The van der Waals surface area contributed by atoms with Gasteiger partial charge < -0.3 is 0 Å². The van der Waals surface area contributed by atoms with Crippen molar-refractivity contribution in [3.8, 4) is 11.1 Å². The number of pyridine rings is 1. The van der Waals surface area contributed by atoms with Crippen LogP contribution < -0.4 is 0 Å². The maximum atomic E-state index is 4.12. The molecule has 0 saturated carbocycles. The van der Waals surface area contributed by atoms with Crippen LogP contribution in [0.15, 0.2) is 48.8 Å². The molecular weight excluding hydrogens is 202 g/mol. The van der Waals surface area contributed by atoms with Crippen LogP contribution in [-0.4, -0.2) is 4.98 Å². The smallest absolute Gasteiger partial charge is 0.0455 e. The summed E-state index contributed by atoms with van der Waals surface area (Å²) in [5.74, 6) is 0. The van der Waals surface area contributed by atoms with E-state index in [4.69, 9.17) is 0 Å². The Bertz CT molecular complexity index is 584. The number of nitrogens with zero attached hydrogens (tertiary/aromatic N) is 1. The number of rotatable bonds is 1. The first-order chi connectivity index (χ1) is 7.43. The second-order valence-electron chi connectivity index (χ2n) is 3.36. The summed E-state index contributed by atoms with van der Waals surface area (Å²) >= 11 is 1.65. The zero-order valence-electron chi connectivity index (χ0n) is 7.97. The molecule has 15 heavy (non-hydrogen) atoms. The van der Waals surface area contributed by atoms with Crippen LogP contribution in [0.2, 0.25) is 0 Å². The Balaban J connectivity index is 2.19. The highest BCUT2D eigenvalue weighted by Crippen LogP contribution is 2.26. The number of fused-ring (bicyclic) bond motifs is 1. The Morgan fingerprint density at radius 1 is 1.13 bits per heavy atom. The Labute approximate surface area is 92.0 Å². The highest BCUT2D eigenvalue weighted by Gasteiger charge is 1.99. The van der Waals surface area contributed by atoms with Crippen LogP contribution in [0.25, 0.3) is 21.2 Å². The van der Waals surface area contributed by atoms with Crippen molar-refractivity contribution in [3.63, 3.8) is 0 Å². The first-order valence-electron chi connectivity index (χ1n) is 4.73. The lowest BCUT2D eigenvalue weighted by Crippen LogP contribution is -1.77. The molecule has 0 spiro atoms. The van der Waals surface area contributed by atoms with Gasteiger partial charge in [0.05, 0.1) is 0 Å². The lowest BCUT2D eigenvalue weighted by atomic mass is 10.1. The molecule has 1 radical (unpaired) electrons. The summed E-state index contributed by atoms with van der Waals surface area (Å²) in [6.07, 6.45) is 3.68. The van der Waals surface area contributed by atoms with Crippen molar-refractivity contribution in [2.75, 3.05) is 0 Å². The van der Waals surface area contributed by atoms with E-state index in [1.807, 2.05) is 18.3 Å². The lowest BCUT2D eigenvalue weighted by molar-refractivity contribution is 1.33. The molecule has 0 fully saturated rings. The molecule has 2 heterocycles. The van der Waals surface area contributed by atoms with Crippen LogP contribution in [0.1, 0.15) is 0 Å². The molecule has 0 aliphatic carbocycles. The summed E-state index contributed by atoms with van der Waals surface area (Å²) < 4.78 is 1.27. The average Bonchev–Trinajstić information content (AvgIpc) is 2.77. The Morgan fingerprint density at radius 3 is 3.00 bits per heavy atom. The minimum absolute atomic E-state index is 1.16. The molecule has 0 amide bonds. The minimum Gasteiger partial charge on any atom is -0.264 e. The van der Waals surface area contributed by atoms with Gasteiger partial charge in [0.2, 0.25) is 0 Å². The van der Waals surface area contributed by atoms with Crippen LogP contribution in [-0.2, 0) is 0 Å². The van der Waals surface area contributed by atoms with E-state index in [9.17, 15) is 0 Å². The summed E-state index contributed by atoms with van der Waals surface area (Å²) in [7, 11) is 0. The van der Waals surface area contributed by atoms with E-state index in [1.54, 1.807) is 17.5 Å². The van der Waals surface area contributed by atoms with Gasteiger partial charge in [-0.05, 0) is 29.1 Å². The van der Waals surface area contributed by atoms with Crippen molar-refractivity contribution in [1.82, 2.24) is 4.98 Å². The maximum absolute atomic E-state index is 4.12. The summed E-state index contributed by atoms with van der Waals surface area (Å²) in [4.78, 5) is 4.12. The molecule has 2 heteroatoms. The molecule has 0 unspecified atom stereocenters. The van der Waals surface area contributed by atoms with Crippen molar-refractivity contribution < 1.29 is 0 Å². The van der Waals surface area contributed by atoms with Crippen LogP contribution in [0.5, 0.6) is 0 Å². The highest BCUT2D eigenvalue weighted by atomic mass is 32.1. The molecule has 0 aliphatic heterocycles. The van der Waals surface area contributed by atoms with Gasteiger partial charge in [0, 0.05) is 28.0 Å². The van der Waals surface area contributed by atoms with Crippen LogP contribution in [0.3, 0.4) is 0 Å². The summed E-state index contributed by atoms with van der Waals surface area (Å²) in [6, 6.07) is 12.5. The standard InChI is InChI=1S/C13H8NS/c1-2-12(9-14-6-1)11-4-3-10-5-7-15-13(10)8-11/h1-6,8-9H. The normalized spacial score (nSPS) is 10.7. The van der Waals surface area contributed by atoms with Crippen LogP contribution in [0.4, 0.5) is 0 Å². The SMILES string of the molecule is [c]1cc2ccc(-c3cccnc3)cc2s1. The molecule has 1 nitrogen and oxygen atoms in total. The molecule has 2 aromatic heterocycles. The molecule has 0 N–H and O–H groups in total. The van der Waals surface area contributed by atoms with Crippen molar-refractivity contribution in [3.05, 3.63) is 54.2 Å². The molecule has 0 aliphatic rings. The quantitative estimate of drug-likeness (QED) is 0.596. The zero-order valence-corrected chi connectivity index (χ0v) is 8.79. The number of hydrogen-bond acceptors (Lipinski definition) is 2. The molecule has 0 bridgehead atoms. The maximum Gasteiger partial charge on any atom is 0.0455 e. The third-order valence-corrected chi connectivity index (χ3v) is 3.20. The number of benzene rings is 1. The van der Waals surface area contributed by atoms with E-state index in [0.717, 1.165) is 5.56 Å². The van der Waals surface area contributed by atoms with Crippen molar-refractivity contribution in [2.45, 2.75) is 0 Å². The topological polar surface area (TPSA) is 12.9 Å². The lowest BCUT2D eigenvalue weighted by Gasteiger charge is -2.00. The van der Waals surface area contributed by atoms with E-state index < -0.39 is 0 Å². The molecule has 1 aromatic carbocycles. The number of hydrogen-bond donors (Lipinski definition) is 0. The summed E-state index contributed by atoms with van der Waals surface area (Å²) in [6.45, 7) is 0. The molecular formula is C13H8NS. The van der Waals surface area contributed by atoms with Gasteiger partial charge in [-0.3, -0.25) is 4.98 Å². The van der Waals surface area contributed by atoms with Crippen LogP contribution >= 0.6 is 11.3 Å². The monoisotopic (exact) mass is 210 g/mol. The second kappa shape index (κ2) is 3.48. The Hall–Kier alpha value is -1.67. The third-order valence-electron chi connectivity index (χ3n) is 2.39. The van der Waals surface area contributed by atoms with Gasteiger partial charge in [0.25, 0.3) is 0 Å². The molecule has 3 aromatic rings. The van der Waals surface area contributed by atoms with E-state index in [2.05, 4.69) is 34.6 Å². The highest BCUT2D eigenvalue weighted by molar-refractivity contribution is 7.16. The van der Waals surface area contributed by atoms with Crippen LogP contribution in [0, 0.1) is 5.38 Å². The van der Waals surface area contributed by atoms with E-state index >= 15 is 0 Å². The molecule has 0 saturated heterocycles. The molecule has 0 atom stereocenters. The van der Waals surface area contributed by atoms with E-state index in [0.29, 0.717) is 0 Å². The zero-order chi connectivity index (χ0) is 10.1. The van der Waals surface area contributed by atoms with Gasteiger partial charge in [-0.15, -0.1) is 11.3 Å². The van der Waals surface area contributed by atoms with Gasteiger partial charge in [-0.2, -0.15) is 0 Å². The predicted molar refractivity (Wildman–Crippen MR) is 63.9 cm³/mol. The van der Waals surface area contributed by atoms with Gasteiger partial charge in [0.1, 0.15) is 0 Å². The van der Waals surface area contributed by atoms with Crippen molar-refractivity contribution >= 4 is 21.4 Å².